The minimum absolute atomic E-state index is 0.0343. The number of nitrogens with zero attached hydrogens (tertiary/aromatic N) is 1. The number of hydrogen-bond acceptors (Lipinski definition) is 6. The quantitative estimate of drug-likeness (QED) is 0.176. The van der Waals surface area contributed by atoms with Crippen LogP contribution < -0.4 is 16.0 Å². The summed E-state index contributed by atoms with van der Waals surface area (Å²) in [6, 6.07) is 28.4. The minimum atomic E-state index is -0.655. The van der Waals surface area contributed by atoms with Crippen molar-refractivity contribution in [3.63, 3.8) is 0 Å². The molecule has 0 aromatic heterocycles. The molecule has 5 rings (SSSR count). The number of aromatic hydroxyl groups is 2. The van der Waals surface area contributed by atoms with Gasteiger partial charge >= 0.3 is 0 Å². The smallest absolute Gasteiger partial charge is 0.248 e. The molecule has 5 N–H and O–H groups in total. The van der Waals surface area contributed by atoms with Crippen molar-refractivity contribution in [2.75, 3.05) is 11.4 Å². The Morgan fingerprint density at radius 3 is 2.28 bits per heavy atom. The van der Waals surface area contributed by atoms with E-state index in [1.807, 2.05) is 54.6 Å². The summed E-state index contributed by atoms with van der Waals surface area (Å²) in [7, 11) is 0. The van der Waals surface area contributed by atoms with Crippen molar-refractivity contribution >= 4 is 35.2 Å². The molecule has 4 aromatic carbocycles. The molecule has 1 saturated heterocycles. The number of rotatable bonds is 8. The average Bonchev–Trinajstić information content (AvgIpc) is 3.33. The molecule has 9 heteroatoms. The average molecular weight is 592 g/mol. The van der Waals surface area contributed by atoms with Crippen LogP contribution in [0.25, 0.3) is 0 Å². The first-order valence-corrected chi connectivity index (χ1v) is 14.6. The van der Waals surface area contributed by atoms with Gasteiger partial charge in [-0.1, -0.05) is 54.3 Å². The molecule has 0 radical (unpaired) electrons. The van der Waals surface area contributed by atoms with E-state index in [4.69, 9.17) is 5.73 Å². The molecule has 216 valence electrons. The highest BCUT2D eigenvalue weighted by molar-refractivity contribution is 8.01. The van der Waals surface area contributed by atoms with Crippen molar-refractivity contribution < 1.29 is 24.6 Å². The number of anilines is 1. The van der Waals surface area contributed by atoms with Gasteiger partial charge < -0.3 is 21.3 Å². The highest BCUT2D eigenvalue weighted by Crippen LogP contribution is 2.46. The summed E-state index contributed by atoms with van der Waals surface area (Å²) in [5.41, 5.74) is 9.63. The lowest BCUT2D eigenvalue weighted by atomic mass is 10.1. The topological polar surface area (TPSA) is 133 Å². The van der Waals surface area contributed by atoms with E-state index < -0.39 is 16.5 Å². The second-order valence-corrected chi connectivity index (χ2v) is 11.3. The molecule has 0 saturated carbocycles. The van der Waals surface area contributed by atoms with Crippen molar-refractivity contribution in [2.24, 2.45) is 5.73 Å². The number of thioether (sulfide) groups is 1. The number of phenols is 2. The maximum Gasteiger partial charge on any atom is 0.248 e. The lowest BCUT2D eigenvalue weighted by molar-refractivity contribution is -0.124. The van der Waals surface area contributed by atoms with E-state index in [-0.39, 0.29) is 35.3 Å². The van der Waals surface area contributed by atoms with Gasteiger partial charge in [-0.2, -0.15) is 0 Å². The van der Waals surface area contributed by atoms with Gasteiger partial charge in [-0.05, 0) is 72.1 Å². The van der Waals surface area contributed by atoms with Crippen LogP contribution >= 0.6 is 11.8 Å². The second kappa shape index (κ2) is 13.2. The van der Waals surface area contributed by atoms with E-state index in [1.165, 1.54) is 23.9 Å². The zero-order chi connectivity index (χ0) is 30.3. The van der Waals surface area contributed by atoms with Gasteiger partial charge in [-0.15, -0.1) is 11.8 Å². The van der Waals surface area contributed by atoms with Crippen LogP contribution in [-0.2, 0) is 16.0 Å². The highest BCUT2D eigenvalue weighted by atomic mass is 32.2. The van der Waals surface area contributed by atoms with Crippen molar-refractivity contribution in [3.8, 4) is 23.3 Å². The summed E-state index contributed by atoms with van der Waals surface area (Å²) >= 11 is 1.37. The summed E-state index contributed by atoms with van der Waals surface area (Å²) in [6.45, 7) is 0.300. The monoisotopic (exact) mass is 591 g/mol. The van der Waals surface area contributed by atoms with Gasteiger partial charge in [0.05, 0.1) is 5.25 Å². The zero-order valence-electron chi connectivity index (χ0n) is 23.1. The van der Waals surface area contributed by atoms with E-state index >= 15 is 0 Å². The molecule has 8 nitrogen and oxygen atoms in total. The molecule has 0 spiro atoms. The van der Waals surface area contributed by atoms with Crippen molar-refractivity contribution in [1.29, 1.82) is 0 Å². The van der Waals surface area contributed by atoms with Crippen LogP contribution in [-0.4, -0.2) is 39.7 Å². The summed E-state index contributed by atoms with van der Waals surface area (Å²) in [5, 5.41) is 20.9. The third kappa shape index (κ3) is 7.18. The Hall–Kier alpha value is -5.20. The Morgan fingerprint density at radius 1 is 0.860 bits per heavy atom. The maximum absolute atomic E-state index is 13.7. The fourth-order valence-electron chi connectivity index (χ4n) is 4.69. The molecule has 1 heterocycles. The van der Waals surface area contributed by atoms with Crippen molar-refractivity contribution in [3.05, 3.63) is 125 Å². The van der Waals surface area contributed by atoms with Crippen LogP contribution in [0.4, 0.5) is 5.69 Å². The number of carbonyl (C=O) groups is 3. The summed E-state index contributed by atoms with van der Waals surface area (Å²) in [4.78, 5) is 40.1. The lowest BCUT2D eigenvalue weighted by Crippen LogP contribution is -2.34. The first-order valence-electron chi connectivity index (χ1n) is 13.6. The Balaban J connectivity index is 1.32. The Morgan fingerprint density at radius 2 is 1.58 bits per heavy atom. The number of phenolic OH excluding ortho intramolecular Hbond substituents is 2. The third-order valence-electron chi connectivity index (χ3n) is 6.92. The second-order valence-electron chi connectivity index (χ2n) is 9.97. The molecule has 1 aliphatic rings. The number of nitrogens with one attached hydrogen (secondary N) is 1. The van der Waals surface area contributed by atoms with Gasteiger partial charge in [-0.3, -0.25) is 19.3 Å². The predicted octanol–water partition coefficient (Wildman–Crippen LogP) is 4.49. The Labute approximate surface area is 253 Å². The molecule has 3 amide bonds. The largest absolute Gasteiger partial charge is 0.504 e. The number of primary amides is 1. The molecule has 2 atom stereocenters. The molecule has 1 aliphatic heterocycles. The fraction of sp³-hybridized carbons (Fsp3) is 0.147. The van der Waals surface area contributed by atoms with E-state index in [0.717, 1.165) is 22.3 Å². The normalized spacial score (nSPS) is 15.9. The standard InChI is InChI=1S/C34H29N3O5S/c35-32(41)26-7-4-8-27(20-26)37-33(42)30(21-31(40)36-18-17-24-13-16-28(38)29(39)19-24)43-34(37)25-14-11-23(12-15-25)10-9-22-5-2-1-3-6-22/h1-8,11-16,19-20,30,34,38-39H,17-18,21H2,(H2,35,41)(H,36,40)/t30-,34+/m1/s1. The summed E-state index contributed by atoms with van der Waals surface area (Å²) in [6.07, 6.45) is 0.410. The van der Waals surface area contributed by atoms with Gasteiger partial charge in [0.25, 0.3) is 0 Å². The molecular formula is C34H29N3O5S. The van der Waals surface area contributed by atoms with Crippen LogP contribution in [0.3, 0.4) is 0 Å². The third-order valence-corrected chi connectivity index (χ3v) is 8.35. The minimum Gasteiger partial charge on any atom is -0.504 e. The first kappa shape index (κ1) is 29.3. The molecule has 1 fully saturated rings. The summed E-state index contributed by atoms with van der Waals surface area (Å²) in [5.74, 6) is 4.73. The van der Waals surface area contributed by atoms with Crippen molar-refractivity contribution in [1.82, 2.24) is 5.32 Å². The van der Waals surface area contributed by atoms with Crippen LogP contribution in [0.1, 0.15) is 44.4 Å². The van der Waals surface area contributed by atoms with E-state index in [2.05, 4.69) is 17.2 Å². The molecule has 0 unspecified atom stereocenters. The van der Waals surface area contributed by atoms with Crippen LogP contribution in [0, 0.1) is 11.8 Å². The summed E-state index contributed by atoms with van der Waals surface area (Å²) < 4.78 is 0. The highest BCUT2D eigenvalue weighted by Gasteiger charge is 2.42. The van der Waals surface area contributed by atoms with E-state index in [9.17, 15) is 24.6 Å². The SMILES string of the molecule is NC(=O)c1cccc(N2C(=O)[C@@H](CC(=O)NCCc3ccc(O)c(O)c3)S[C@H]2c2ccc(C#Cc3ccccc3)cc2)c1. The number of hydrogen-bond donors (Lipinski definition) is 4. The van der Waals surface area contributed by atoms with Gasteiger partial charge in [0, 0.05) is 35.3 Å². The number of carbonyl (C=O) groups excluding carboxylic acids is 3. The predicted molar refractivity (Wildman–Crippen MR) is 167 cm³/mol. The lowest BCUT2D eigenvalue weighted by Gasteiger charge is -2.24. The van der Waals surface area contributed by atoms with Gasteiger partial charge in [-0.25, -0.2) is 0 Å². The van der Waals surface area contributed by atoms with Crippen LogP contribution in [0.2, 0.25) is 0 Å². The Bertz CT molecular complexity index is 1710. The molecule has 0 bridgehead atoms. The van der Waals surface area contributed by atoms with Gasteiger partial charge in [0.1, 0.15) is 5.37 Å². The molecule has 0 aliphatic carbocycles. The molecule has 4 aromatic rings. The number of benzene rings is 4. The number of amides is 3. The first-order chi connectivity index (χ1) is 20.8. The van der Waals surface area contributed by atoms with Crippen molar-refractivity contribution in [2.45, 2.75) is 23.5 Å². The number of nitrogens with two attached hydrogens (primary N) is 1. The van der Waals surface area contributed by atoms with E-state index in [0.29, 0.717) is 18.7 Å². The van der Waals surface area contributed by atoms with Gasteiger partial charge in [0.15, 0.2) is 11.5 Å². The van der Waals surface area contributed by atoms with Crippen LogP contribution in [0.5, 0.6) is 11.5 Å². The Kier molecular flexibility index (Phi) is 8.99. The maximum atomic E-state index is 13.7. The molecular weight excluding hydrogens is 562 g/mol. The van der Waals surface area contributed by atoms with Gasteiger partial charge in [0.2, 0.25) is 17.7 Å². The van der Waals surface area contributed by atoms with E-state index in [1.54, 1.807) is 35.2 Å². The van der Waals surface area contributed by atoms with Crippen LogP contribution in [0.15, 0.2) is 97.1 Å². The fourth-order valence-corrected chi connectivity index (χ4v) is 6.14. The zero-order valence-corrected chi connectivity index (χ0v) is 23.9. The molecule has 43 heavy (non-hydrogen) atoms.